The molecule has 20 heavy (non-hydrogen) atoms. The number of nitrogens with zero attached hydrogens (tertiary/aromatic N) is 2. The van der Waals surface area contributed by atoms with Gasteiger partial charge in [0.05, 0.1) is 6.07 Å². The van der Waals surface area contributed by atoms with Crippen LogP contribution >= 0.6 is 0 Å². The van der Waals surface area contributed by atoms with Gasteiger partial charge in [-0.05, 0) is 64.8 Å². The molecule has 1 aliphatic heterocycles. The lowest BCUT2D eigenvalue weighted by Gasteiger charge is -2.45. The Bertz CT molecular complexity index is 347. The summed E-state index contributed by atoms with van der Waals surface area (Å²) in [5.74, 6) is 0.875. The van der Waals surface area contributed by atoms with E-state index in [0.717, 1.165) is 18.8 Å². The van der Waals surface area contributed by atoms with Gasteiger partial charge in [-0.25, -0.2) is 0 Å². The summed E-state index contributed by atoms with van der Waals surface area (Å²) in [5.41, 5.74) is -0.282. The standard InChI is InChI=1S/C17H31N3/c1-4-15-7-6-10-20(12-15)16-8-5-9-17(11-16,13-18)19-14(2)3/h14-16,19H,4-12H2,1-3H3. The Kier molecular flexibility index (Phi) is 5.46. The highest BCUT2D eigenvalue weighted by Crippen LogP contribution is 2.33. The molecule has 3 unspecified atom stereocenters. The zero-order valence-electron chi connectivity index (χ0n) is 13.5. The maximum atomic E-state index is 9.67. The number of nitriles is 1. The minimum absolute atomic E-state index is 0.282. The van der Waals surface area contributed by atoms with E-state index in [2.05, 4.69) is 37.1 Å². The molecule has 0 aromatic heterocycles. The van der Waals surface area contributed by atoms with Crippen molar-refractivity contribution in [1.29, 1.82) is 5.26 Å². The van der Waals surface area contributed by atoms with Crippen molar-refractivity contribution in [3.05, 3.63) is 0 Å². The Morgan fingerprint density at radius 3 is 2.80 bits per heavy atom. The molecule has 0 bridgehead atoms. The van der Waals surface area contributed by atoms with Crippen molar-refractivity contribution in [1.82, 2.24) is 10.2 Å². The van der Waals surface area contributed by atoms with E-state index < -0.39 is 0 Å². The van der Waals surface area contributed by atoms with Gasteiger partial charge in [-0.1, -0.05) is 13.3 Å². The molecular formula is C17H31N3. The number of hydrogen-bond donors (Lipinski definition) is 1. The van der Waals surface area contributed by atoms with Crippen molar-refractivity contribution in [3.8, 4) is 6.07 Å². The van der Waals surface area contributed by atoms with Crippen molar-refractivity contribution in [2.45, 2.75) is 83.3 Å². The fraction of sp³-hybridized carbons (Fsp3) is 0.941. The molecule has 1 N–H and O–H groups in total. The molecule has 1 saturated carbocycles. The molecule has 1 heterocycles. The highest BCUT2D eigenvalue weighted by Gasteiger charge is 2.39. The van der Waals surface area contributed by atoms with Crippen molar-refractivity contribution in [2.24, 2.45) is 5.92 Å². The van der Waals surface area contributed by atoms with Crippen LogP contribution in [-0.2, 0) is 0 Å². The smallest absolute Gasteiger partial charge is 0.108 e. The fourth-order valence-electron chi connectivity index (χ4n) is 4.14. The molecule has 2 aliphatic rings. The Hall–Kier alpha value is -0.590. The topological polar surface area (TPSA) is 39.1 Å². The van der Waals surface area contributed by atoms with E-state index in [-0.39, 0.29) is 5.54 Å². The van der Waals surface area contributed by atoms with Crippen LogP contribution in [0.15, 0.2) is 0 Å². The Morgan fingerprint density at radius 2 is 2.15 bits per heavy atom. The molecule has 114 valence electrons. The van der Waals surface area contributed by atoms with Crippen LogP contribution in [0.25, 0.3) is 0 Å². The van der Waals surface area contributed by atoms with Gasteiger partial charge in [0, 0.05) is 18.6 Å². The lowest BCUT2D eigenvalue weighted by Crippen LogP contribution is -2.55. The van der Waals surface area contributed by atoms with Crippen LogP contribution in [0.4, 0.5) is 0 Å². The average Bonchev–Trinajstić information content (AvgIpc) is 2.47. The van der Waals surface area contributed by atoms with E-state index in [1.807, 2.05) is 0 Å². The van der Waals surface area contributed by atoms with Crippen LogP contribution in [0.5, 0.6) is 0 Å². The van der Waals surface area contributed by atoms with E-state index in [0.29, 0.717) is 12.1 Å². The van der Waals surface area contributed by atoms with Crippen molar-refractivity contribution in [3.63, 3.8) is 0 Å². The summed E-state index contributed by atoms with van der Waals surface area (Å²) < 4.78 is 0. The summed E-state index contributed by atoms with van der Waals surface area (Å²) in [6.45, 7) is 9.11. The molecule has 2 rings (SSSR count). The molecule has 0 radical (unpaired) electrons. The zero-order valence-corrected chi connectivity index (χ0v) is 13.5. The lowest BCUT2D eigenvalue weighted by atomic mass is 9.78. The van der Waals surface area contributed by atoms with Gasteiger partial charge in [-0.15, -0.1) is 0 Å². The first-order valence-electron chi connectivity index (χ1n) is 8.51. The minimum Gasteiger partial charge on any atom is -0.300 e. The molecule has 3 atom stereocenters. The molecular weight excluding hydrogens is 246 g/mol. The van der Waals surface area contributed by atoms with Crippen molar-refractivity contribution < 1.29 is 0 Å². The van der Waals surface area contributed by atoms with Gasteiger partial charge in [0.2, 0.25) is 0 Å². The fourth-order valence-corrected chi connectivity index (χ4v) is 4.14. The molecule has 1 saturated heterocycles. The van der Waals surface area contributed by atoms with Gasteiger partial charge < -0.3 is 4.90 Å². The summed E-state index contributed by atoms with van der Waals surface area (Å²) in [5, 5.41) is 13.2. The first kappa shape index (κ1) is 15.8. The minimum atomic E-state index is -0.282. The number of piperidine rings is 1. The molecule has 1 aliphatic carbocycles. The molecule has 3 heteroatoms. The van der Waals surface area contributed by atoms with Crippen LogP contribution in [0.1, 0.15) is 65.7 Å². The second kappa shape index (κ2) is 6.91. The average molecular weight is 277 g/mol. The summed E-state index contributed by atoms with van der Waals surface area (Å²) in [7, 11) is 0. The van der Waals surface area contributed by atoms with Crippen LogP contribution in [0.2, 0.25) is 0 Å². The third-order valence-corrected chi connectivity index (χ3v) is 5.15. The van der Waals surface area contributed by atoms with Crippen LogP contribution in [-0.4, -0.2) is 35.6 Å². The van der Waals surface area contributed by atoms with Crippen LogP contribution in [0, 0.1) is 17.2 Å². The van der Waals surface area contributed by atoms with Crippen molar-refractivity contribution >= 4 is 0 Å². The van der Waals surface area contributed by atoms with Gasteiger partial charge in [-0.2, -0.15) is 5.26 Å². The van der Waals surface area contributed by atoms with Gasteiger partial charge in [-0.3, -0.25) is 5.32 Å². The van der Waals surface area contributed by atoms with Crippen LogP contribution < -0.4 is 5.32 Å². The molecule has 0 aromatic carbocycles. The maximum absolute atomic E-state index is 9.67. The Labute approximate surface area is 124 Å². The van der Waals surface area contributed by atoms with E-state index in [4.69, 9.17) is 0 Å². The third kappa shape index (κ3) is 3.74. The lowest BCUT2D eigenvalue weighted by molar-refractivity contribution is 0.0738. The Morgan fingerprint density at radius 1 is 1.35 bits per heavy atom. The second-order valence-electron chi connectivity index (χ2n) is 7.15. The maximum Gasteiger partial charge on any atom is 0.108 e. The zero-order chi connectivity index (χ0) is 14.6. The van der Waals surface area contributed by atoms with Gasteiger partial charge in [0.25, 0.3) is 0 Å². The van der Waals surface area contributed by atoms with Gasteiger partial charge >= 0.3 is 0 Å². The number of hydrogen-bond acceptors (Lipinski definition) is 3. The Balaban J connectivity index is 2.00. The largest absolute Gasteiger partial charge is 0.300 e. The quantitative estimate of drug-likeness (QED) is 0.857. The van der Waals surface area contributed by atoms with Crippen molar-refractivity contribution in [2.75, 3.05) is 13.1 Å². The summed E-state index contributed by atoms with van der Waals surface area (Å²) in [4.78, 5) is 2.69. The monoisotopic (exact) mass is 277 g/mol. The van der Waals surface area contributed by atoms with E-state index in [9.17, 15) is 5.26 Å². The molecule has 0 spiro atoms. The molecule has 3 nitrogen and oxygen atoms in total. The van der Waals surface area contributed by atoms with Gasteiger partial charge in [0.15, 0.2) is 0 Å². The molecule has 0 aromatic rings. The summed E-state index contributed by atoms with van der Waals surface area (Å²) >= 11 is 0. The number of nitrogens with one attached hydrogen (secondary N) is 1. The SMILES string of the molecule is CCC1CCCN(C2CCCC(C#N)(NC(C)C)C2)C1. The number of likely N-dealkylation sites (tertiary alicyclic amines) is 1. The predicted octanol–water partition coefficient (Wildman–Crippen LogP) is 3.31. The summed E-state index contributed by atoms with van der Waals surface area (Å²) in [6.07, 6.45) is 8.53. The highest BCUT2D eigenvalue weighted by atomic mass is 15.2. The number of rotatable bonds is 4. The summed E-state index contributed by atoms with van der Waals surface area (Å²) in [6, 6.07) is 3.61. The third-order valence-electron chi connectivity index (χ3n) is 5.15. The van der Waals surface area contributed by atoms with E-state index >= 15 is 0 Å². The second-order valence-corrected chi connectivity index (χ2v) is 7.15. The first-order valence-corrected chi connectivity index (χ1v) is 8.51. The van der Waals surface area contributed by atoms with E-state index in [1.54, 1.807) is 0 Å². The highest BCUT2D eigenvalue weighted by molar-refractivity contribution is 5.12. The predicted molar refractivity (Wildman–Crippen MR) is 83.5 cm³/mol. The molecule has 0 amide bonds. The normalized spacial score (nSPS) is 36.0. The molecule has 2 fully saturated rings. The first-order chi connectivity index (χ1) is 9.58. The van der Waals surface area contributed by atoms with Gasteiger partial charge in [0.1, 0.15) is 5.54 Å². The van der Waals surface area contributed by atoms with E-state index in [1.165, 1.54) is 45.2 Å². The van der Waals surface area contributed by atoms with Crippen LogP contribution in [0.3, 0.4) is 0 Å².